The van der Waals surface area contributed by atoms with E-state index in [1.807, 2.05) is 42.5 Å². The van der Waals surface area contributed by atoms with E-state index in [9.17, 15) is 23.2 Å². The Kier molecular flexibility index (Phi) is 9.14. The SMILES string of the molecule is C[C@H](NC(=O)Cc1cc(F)cc(F)c1)C(=O)NC(=O)[C@H](Cc1ccccc1)NCc1ccncc1. The lowest BCUT2D eigenvalue weighted by Crippen LogP contribution is -2.52. The van der Waals surface area contributed by atoms with Crippen molar-refractivity contribution in [2.75, 3.05) is 0 Å². The lowest BCUT2D eigenvalue weighted by atomic mass is 10.0. The molecule has 35 heavy (non-hydrogen) atoms. The Hall–Kier alpha value is -3.98. The number of carbonyl (C=O) groups is 3. The third kappa shape index (κ3) is 8.38. The number of nitrogens with one attached hydrogen (secondary N) is 3. The minimum Gasteiger partial charge on any atom is -0.344 e. The number of amides is 3. The molecule has 182 valence electrons. The van der Waals surface area contributed by atoms with E-state index in [0.29, 0.717) is 19.0 Å². The predicted octanol–water partition coefficient (Wildman–Crippen LogP) is 2.45. The second-order valence-corrected chi connectivity index (χ2v) is 8.08. The topological polar surface area (TPSA) is 100 Å². The normalized spacial score (nSPS) is 12.4. The molecule has 3 amide bonds. The first-order valence-corrected chi connectivity index (χ1v) is 11.1. The van der Waals surface area contributed by atoms with Gasteiger partial charge in [0.1, 0.15) is 17.7 Å². The molecule has 0 aliphatic carbocycles. The maximum atomic E-state index is 13.3. The van der Waals surface area contributed by atoms with Gasteiger partial charge in [-0.2, -0.15) is 0 Å². The van der Waals surface area contributed by atoms with Crippen molar-refractivity contribution in [1.82, 2.24) is 20.9 Å². The summed E-state index contributed by atoms with van der Waals surface area (Å²) in [5.74, 6) is -3.44. The summed E-state index contributed by atoms with van der Waals surface area (Å²) in [6.07, 6.45) is 3.33. The van der Waals surface area contributed by atoms with Crippen molar-refractivity contribution in [3.05, 3.63) is 101 Å². The van der Waals surface area contributed by atoms with Gasteiger partial charge in [-0.25, -0.2) is 8.78 Å². The first-order valence-electron chi connectivity index (χ1n) is 11.1. The molecule has 0 saturated carbocycles. The van der Waals surface area contributed by atoms with Crippen molar-refractivity contribution in [1.29, 1.82) is 0 Å². The third-order valence-electron chi connectivity index (χ3n) is 5.21. The molecule has 0 fully saturated rings. The summed E-state index contributed by atoms with van der Waals surface area (Å²) < 4.78 is 26.7. The van der Waals surface area contributed by atoms with Gasteiger partial charge in [0.05, 0.1) is 12.5 Å². The van der Waals surface area contributed by atoms with Gasteiger partial charge in [-0.1, -0.05) is 30.3 Å². The average Bonchev–Trinajstić information content (AvgIpc) is 2.82. The van der Waals surface area contributed by atoms with Gasteiger partial charge < -0.3 is 10.6 Å². The summed E-state index contributed by atoms with van der Waals surface area (Å²) in [5, 5.41) is 7.94. The lowest BCUT2D eigenvalue weighted by molar-refractivity contribution is -0.134. The largest absolute Gasteiger partial charge is 0.344 e. The highest BCUT2D eigenvalue weighted by Crippen LogP contribution is 2.09. The van der Waals surface area contributed by atoms with E-state index in [1.54, 1.807) is 12.4 Å². The highest BCUT2D eigenvalue weighted by atomic mass is 19.1. The fourth-order valence-electron chi connectivity index (χ4n) is 3.42. The Labute approximate surface area is 202 Å². The minimum absolute atomic E-state index is 0.131. The van der Waals surface area contributed by atoms with E-state index in [1.165, 1.54) is 6.92 Å². The molecule has 0 aliphatic heterocycles. The average molecular weight is 481 g/mol. The maximum Gasteiger partial charge on any atom is 0.248 e. The van der Waals surface area contributed by atoms with Crippen LogP contribution in [0.2, 0.25) is 0 Å². The molecule has 2 atom stereocenters. The van der Waals surface area contributed by atoms with Crippen LogP contribution < -0.4 is 16.0 Å². The van der Waals surface area contributed by atoms with Crippen LogP contribution in [0.3, 0.4) is 0 Å². The van der Waals surface area contributed by atoms with E-state index < -0.39 is 41.4 Å². The Bertz CT molecular complexity index is 1140. The van der Waals surface area contributed by atoms with Crippen molar-refractivity contribution in [3.8, 4) is 0 Å². The van der Waals surface area contributed by atoms with Crippen LogP contribution in [0.25, 0.3) is 0 Å². The molecular weight excluding hydrogens is 454 g/mol. The molecule has 3 rings (SSSR count). The smallest absolute Gasteiger partial charge is 0.248 e. The van der Waals surface area contributed by atoms with Crippen molar-refractivity contribution in [2.45, 2.75) is 38.4 Å². The third-order valence-corrected chi connectivity index (χ3v) is 5.21. The number of pyridine rings is 1. The van der Waals surface area contributed by atoms with E-state index in [-0.39, 0.29) is 12.0 Å². The molecular formula is C26H26F2N4O3. The Morgan fingerprint density at radius 3 is 2.17 bits per heavy atom. The summed E-state index contributed by atoms with van der Waals surface area (Å²) >= 11 is 0. The summed E-state index contributed by atoms with van der Waals surface area (Å²) in [6.45, 7) is 1.81. The van der Waals surface area contributed by atoms with Gasteiger partial charge in [0, 0.05) is 25.0 Å². The molecule has 1 heterocycles. The van der Waals surface area contributed by atoms with Crippen LogP contribution in [0.4, 0.5) is 8.78 Å². The monoisotopic (exact) mass is 480 g/mol. The number of carbonyl (C=O) groups excluding carboxylic acids is 3. The van der Waals surface area contributed by atoms with Gasteiger partial charge >= 0.3 is 0 Å². The molecule has 2 aromatic carbocycles. The molecule has 0 unspecified atom stereocenters. The van der Waals surface area contributed by atoms with Crippen molar-refractivity contribution < 1.29 is 23.2 Å². The Morgan fingerprint density at radius 1 is 0.857 bits per heavy atom. The number of hydrogen-bond acceptors (Lipinski definition) is 5. The molecule has 0 bridgehead atoms. The number of imide groups is 1. The summed E-state index contributed by atoms with van der Waals surface area (Å²) in [4.78, 5) is 41.7. The lowest BCUT2D eigenvalue weighted by Gasteiger charge is -2.20. The number of halogens is 2. The zero-order valence-electron chi connectivity index (χ0n) is 19.1. The van der Waals surface area contributed by atoms with E-state index in [4.69, 9.17) is 0 Å². The number of hydrogen-bond donors (Lipinski definition) is 3. The second-order valence-electron chi connectivity index (χ2n) is 8.08. The fraction of sp³-hybridized carbons (Fsp3) is 0.231. The van der Waals surface area contributed by atoms with Crippen LogP contribution in [0.5, 0.6) is 0 Å². The first kappa shape index (κ1) is 25.6. The molecule has 0 spiro atoms. The summed E-state index contributed by atoms with van der Waals surface area (Å²) in [7, 11) is 0. The van der Waals surface area contributed by atoms with E-state index >= 15 is 0 Å². The number of benzene rings is 2. The zero-order chi connectivity index (χ0) is 25.2. The van der Waals surface area contributed by atoms with Crippen molar-refractivity contribution in [3.63, 3.8) is 0 Å². The molecule has 1 aromatic heterocycles. The van der Waals surface area contributed by atoms with Gasteiger partial charge in [0.2, 0.25) is 17.7 Å². The van der Waals surface area contributed by atoms with Crippen LogP contribution in [-0.2, 0) is 33.8 Å². The highest BCUT2D eigenvalue weighted by molar-refractivity contribution is 6.01. The van der Waals surface area contributed by atoms with E-state index in [0.717, 1.165) is 23.3 Å². The molecule has 0 aliphatic rings. The summed E-state index contributed by atoms with van der Waals surface area (Å²) in [5.41, 5.74) is 1.96. The van der Waals surface area contributed by atoms with Crippen LogP contribution in [0.15, 0.2) is 73.1 Å². The quantitative estimate of drug-likeness (QED) is 0.414. The molecule has 3 N–H and O–H groups in total. The maximum absolute atomic E-state index is 13.3. The number of nitrogens with zero attached hydrogens (tertiary/aromatic N) is 1. The molecule has 0 saturated heterocycles. The van der Waals surface area contributed by atoms with Crippen LogP contribution >= 0.6 is 0 Å². The van der Waals surface area contributed by atoms with Gasteiger partial charge in [0.25, 0.3) is 0 Å². The zero-order valence-corrected chi connectivity index (χ0v) is 19.1. The van der Waals surface area contributed by atoms with Crippen LogP contribution in [0, 0.1) is 11.6 Å². The molecule has 3 aromatic rings. The van der Waals surface area contributed by atoms with Crippen LogP contribution in [0.1, 0.15) is 23.6 Å². The standard InChI is InChI=1S/C26H26F2N4O3/c1-17(31-24(33)14-20-11-21(27)15-22(28)12-20)25(34)32-26(35)23(13-18-5-3-2-4-6-18)30-16-19-7-9-29-10-8-19/h2-12,15,17,23,30H,13-14,16H2,1H3,(H,31,33)(H,32,34,35)/t17-,23-/m0/s1. The molecule has 9 heteroatoms. The Morgan fingerprint density at radius 2 is 1.51 bits per heavy atom. The Balaban J connectivity index is 1.59. The first-order chi connectivity index (χ1) is 16.8. The van der Waals surface area contributed by atoms with Crippen molar-refractivity contribution in [2.24, 2.45) is 0 Å². The molecule has 7 nitrogen and oxygen atoms in total. The highest BCUT2D eigenvalue weighted by Gasteiger charge is 2.24. The van der Waals surface area contributed by atoms with Crippen LogP contribution in [-0.4, -0.2) is 34.8 Å². The fourth-order valence-corrected chi connectivity index (χ4v) is 3.42. The van der Waals surface area contributed by atoms with Crippen molar-refractivity contribution >= 4 is 17.7 Å². The molecule has 0 radical (unpaired) electrons. The predicted molar refractivity (Wildman–Crippen MR) is 126 cm³/mol. The van der Waals surface area contributed by atoms with Gasteiger partial charge in [-0.15, -0.1) is 0 Å². The second kappa shape index (κ2) is 12.5. The number of rotatable bonds is 10. The van der Waals surface area contributed by atoms with E-state index in [2.05, 4.69) is 20.9 Å². The summed E-state index contributed by atoms with van der Waals surface area (Å²) in [6, 6.07) is 14.0. The van der Waals surface area contributed by atoms with Gasteiger partial charge in [-0.3, -0.25) is 24.7 Å². The number of aromatic nitrogens is 1. The van der Waals surface area contributed by atoms with Gasteiger partial charge in [0.15, 0.2) is 0 Å². The minimum atomic E-state index is -1.04. The van der Waals surface area contributed by atoms with Gasteiger partial charge in [-0.05, 0) is 54.3 Å².